The number of nitrogens with zero attached hydrogens (tertiary/aromatic N) is 1. The van der Waals surface area contributed by atoms with E-state index in [0.29, 0.717) is 6.04 Å². The van der Waals surface area contributed by atoms with Gasteiger partial charge in [0.05, 0.1) is 5.54 Å². The van der Waals surface area contributed by atoms with Crippen LogP contribution in [-0.2, 0) is 5.54 Å². The van der Waals surface area contributed by atoms with Crippen molar-refractivity contribution in [3.63, 3.8) is 0 Å². The van der Waals surface area contributed by atoms with Crippen LogP contribution >= 0.6 is 0 Å². The Bertz CT molecular complexity index is 394. The lowest BCUT2D eigenvalue weighted by Crippen LogP contribution is -2.53. The molecule has 3 heteroatoms. The summed E-state index contributed by atoms with van der Waals surface area (Å²) in [6.07, 6.45) is 4.74. The molecule has 1 aromatic carbocycles. The molecule has 106 valence electrons. The monoisotopic (exact) mass is 264 g/mol. The summed E-state index contributed by atoms with van der Waals surface area (Å²) in [6.45, 7) is 6.56. The van der Waals surface area contributed by atoms with Gasteiger partial charge in [-0.3, -0.25) is 4.90 Å². The molecule has 0 bridgehead atoms. The van der Waals surface area contributed by atoms with Crippen LogP contribution in [0.2, 0.25) is 0 Å². The molecule has 1 aliphatic rings. The van der Waals surface area contributed by atoms with E-state index in [-0.39, 0.29) is 5.82 Å². The van der Waals surface area contributed by atoms with Gasteiger partial charge in [-0.05, 0) is 57.0 Å². The van der Waals surface area contributed by atoms with Gasteiger partial charge in [-0.15, -0.1) is 0 Å². The molecule has 1 aliphatic heterocycles. The largest absolute Gasteiger partial charge is 0.320 e. The number of hydrogen-bond acceptors (Lipinski definition) is 2. The molecule has 0 saturated carbocycles. The Morgan fingerprint density at radius 3 is 2.37 bits per heavy atom. The van der Waals surface area contributed by atoms with Gasteiger partial charge in [0, 0.05) is 6.04 Å². The minimum atomic E-state index is -0.423. The Hall–Kier alpha value is -0.930. The number of hydrogen-bond donors (Lipinski definition) is 1. The van der Waals surface area contributed by atoms with Gasteiger partial charge in [0.2, 0.25) is 0 Å². The Kier molecular flexibility index (Phi) is 4.58. The normalized spacial score (nSPS) is 21.3. The molecule has 0 radical (unpaired) electrons. The zero-order valence-corrected chi connectivity index (χ0v) is 12.0. The molecule has 2 nitrogen and oxygen atoms in total. The lowest BCUT2D eigenvalue weighted by molar-refractivity contribution is 0.145. The first kappa shape index (κ1) is 14.5. The Morgan fingerprint density at radius 1 is 1.26 bits per heavy atom. The van der Waals surface area contributed by atoms with Crippen molar-refractivity contribution in [1.29, 1.82) is 0 Å². The standard InChI is InChI=1S/C16H25FN2/c1-3-6-15(19-11-4-5-12-19)16(2,18)13-7-9-14(17)10-8-13/h7-10,15H,3-6,11-12,18H2,1-2H3. The second-order valence-corrected chi connectivity index (χ2v) is 5.84. The summed E-state index contributed by atoms with van der Waals surface area (Å²) in [5, 5.41) is 0. The molecule has 0 aromatic heterocycles. The van der Waals surface area contributed by atoms with Crippen LogP contribution in [0, 0.1) is 5.82 Å². The molecule has 1 aromatic rings. The highest BCUT2D eigenvalue weighted by molar-refractivity contribution is 5.26. The maximum atomic E-state index is 13.1. The topological polar surface area (TPSA) is 29.3 Å². The molecule has 1 fully saturated rings. The Morgan fingerprint density at radius 2 is 1.84 bits per heavy atom. The summed E-state index contributed by atoms with van der Waals surface area (Å²) < 4.78 is 13.1. The van der Waals surface area contributed by atoms with E-state index in [9.17, 15) is 4.39 Å². The van der Waals surface area contributed by atoms with Crippen LogP contribution in [0.15, 0.2) is 24.3 Å². The van der Waals surface area contributed by atoms with Gasteiger partial charge in [-0.25, -0.2) is 4.39 Å². The molecular formula is C16H25FN2. The van der Waals surface area contributed by atoms with E-state index in [4.69, 9.17) is 5.73 Å². The summed E-state index contributed by atoms with van der Waals surface area (Å²) >= 11 is 0. The van der Waals surface area contributed by atoms with Gasteiger partial charge >= 0.3 is 0 Å². The van der Waals surface area contributed by atoms with Gasteiger partial charge in [0.25, 0.3) is 0 Å². The predicted molar refractivity (Wildman–Crippen MR) is 77.4 cm³/mol. The fourth-order valence-electron chi connectivity index (χ4n) is 3.19. The van der Waals surface area contributed by atoms with E-state index >= 15 is 0 Å². The van der Waals surface area contributed by atoms with Crippen LogP contribution in [0.3, 0.4) is 0 Å². The van der Waals surface area contributed by atoms with Gasteiger partial charge < -0.3 is 5.73 Å². The van der Waals surface area contributed by atoms with Crippen LogP contribution < -0.4 is 5.73 Å². The lowest BCUT2D eigenvalue weighted by atomic mass is 9.82. The summed E-state index contributed by atoms with van der Waals surface area (Å²) in [5.74, 6) is -0.201. The van der Waals surface area contributed by atoms with Gasteiger partial charge in [0.15, 0.2) is 0 Å². The third-order valence-corrected chi connectivity index (χ3v) is 4.30. The summed E-state index contributed by atoms with van der Waals surface area (Å²) in [7, 11) is 0. The highest BCUT2D eigenvalue weighted by Gasteiger charge is 2.36. The second kappa shape index (κ2) is 6.02. The van der Waals surface area contributed by atoms with Crippen LogP contribution in [0.5, 0.6) is 0 Å². The molecular weight excluding hydrogens is 239 g/mol. The number of nitrogens with two attached hydrogens (primary N) is 1. The molecule has 0 aliphatic carbocycles. The number of rotatable bonds is 5. The van der Waals surface area contributed by atoms with Crippen molar-refractivity contribution in [1.82, 2.24) is 4.90 Å². The summed E-state index contributed by atoms with van der Waals surface area (Å²) in [5.41, 5.74) is 7.24. The molecule has 0 spiro atoms. The fourth-order valence-corrected chi connectivity index (χ4v) is 3.19. The van der Waals surface area contributed by atoms with E-state index < -0.39 is 5.54 Å². The van der Waals surface area contributed by atoms with Gasteiger partial charge in [0.1, 0.15) is 5.82 Å². The van der Waals surface area contributed by atoms with Gasteiger partial charge in [-0.2, -0.15) is 0 Å². The van der Waals surface area contributed by atoms with Crippen molar-refractivity contribution in [2.24, 2.45) is 5.73 Å². The van der Waals surface area contributed by atoms with Crippen molar-refractivity contribution in [3.8, 4) is 0 Å². The Balaban J connectivity index is 2.24. The first-order chi connectivity index (χ1) is 9.05. The zero-order chi connectivity index (χ0) is 13.9. The number of benzene rings is 1. The molecule has 2 N–H and O–H groups in total. The second-order valence-electron chi connectivity index (χ2n) is 5.84. The maximum absolute atomic E-state index is 13.1. The fraction of sp³-hybridized carbons (Fsp3) is 0.625. The molecule has 2 unspecified atom stereocenters. The van der Waals surface area contributed by atoms with Crippen molar-refractivity contribution < 1.29 is 4.39 Å². The zero-order valence-electron chi connectivity index (χ0n) is 12.0. The van der Waals surface area contributed by atoms with E-state index in [1.54, 1.807) is 0 Å². The number of halogens is 1. The van der Waals surface area contributed by atoms with Crippen molar-refractivity contribution in [2.75, 3.05) is 13.1 Å². The van der Waals surface area contributed by atoms with E-state index in [1.165, 1.54) is 25.0 Å². The highest BCUT2D eigenvalue weighted by Crippen LogP contribution is 2.30. The minimum absolute atomic E-state index is 0.201. The molecule has 1 heterocycles. The quantitative estimate of drug-likeness (QED) is 0.884. The van der Waals surface area contributed by atoms with Crippen LogP contribution in [-0.4, -0.2) is 24.0 Å². The molecule has 2 atom stereocenters. The Labute approximate surface area is 115 Å². The molecule has 1 saturated heterocycles. The third-order valence-electron chi connectivity index (χ3n) is 4.30. The van der Waals surface area contributed by atoms with Crippen LogP contribution in [0.1, 0.15) is 45.1 Å². The molecule has 19 heavy (non-hydrogen) atoms. The first-order valence-corrected chi connectivity index (χ1v) is 7.34. The maximum Gasteiger partial charge on any atom is 0.123 e. The van der Waals surface area contributed by atoms with E-state index in [1.807, 2.05) is 12.1 Å². The third kappa shape index (κ3) is 3.15. The average molecular weight is 264 g/mol. The minimum Gasteiger partial charge on any atom is -0.320 e. The van der Waals surface area contributed by atoms with E-state index in [2.05, 4.69) is 18.7 Å². The SMILES string of the molecule is CCCC(N1CCCC1)C(C)(N)c1ccc(F)cc1. The van der Waals surface area contributed by atoms with Crippen molar-refractivity contribution in [3.05, 3.63) is 35.6 Å². The van der Waals surface area contributed by atoms with Crippen molar-refractivity contribution >= 4 is 0 Å². The average Bonchev–Trinajstić information content (AvgIpc) is 2.89. The lowest BCUT2D eigenvalue weighted by Gasteiger charge is -2.40. The van der Waals surface area contributed by atoms with E-state index in [0.717, 1.165) is 31.5 Å². The predicted octanol–water partition coefficient (Wildman–Crippen LogP) is 3.26. The first-order valence-electron chi connectivity index (χ1n) is 7.34. The number of likely N-dealkylation sites (tertiary alicyclic amines) is 1. The smallest absolute Gasteiger partial charge is 0.123 e. The summed E-state index contributed by atoms with van der Waals surface area (Å²) in [6, 6.07) is 7.01. The summed E-state index contributed by atoms with van der Waals surface area (Å²) in [4.78, 5) is 2.51. The van der Waals surface area contributed by atoms with Gasteiger partial charge in [-0.1, -0.05) is 25.5 Å². The van der Waals surface area contributed by atoms with Crippen molar-refractivity contribution in [2.45, 2.75) is 51.1 Å². The van der Waals surface area contributed by atoms with Crippen LogP contribution in [0.25, 0.3) is 0 Å². The molecule has 0 amide bonds. The molecule has 2 rings (SSSR count). The highest BCUT2D eigenvalue weighted by atomic mass is 19.1. The van der Waals surface area contributed by atoms with Crippen LogP contribution in [0.4, 0.5) is 4.39 Å².